The van der Waals surface area contributed by atoms with Gasteiger partial charge in [0.25, 0.3) is 0 Å². The Hall–Kier alpha value is -7.67. The Bertz CT molecular complexity index is 3290. The lowest BCUT2D eigenvalue weighted by Gasteiger charge is -2.11. The maximum atomic E-state index is 5.03. The maximum Gasteiger partial charge on any atom is 0.164 e. The van der Waals surface area contributed by atoms with Crippen LogP contribution in [0.2, 0.25) is 0 Å². The molecule has 0 N–H and O–H groups in total. The predicted octanol–water partition coefficient (Wildman–Crippen LogP) is 13.9. The Morgan fingerprint density at radius 1 is 0.288 bits per heavy atom. The molecule has 11 rings (SSSR count). The molecule has 0 spiro atoms. The van der Waals surface area contributed by atoms with Crippen molar-refractivity contribution in [3.8, 4) is 78.7 Å². The van der Waals surface area contributed by atoms with Crippen LogP contribution in [0.1, 0.15) is 0 Å². The zero-order chi connectivity index (χ0) is 39.1. The molecule has 0 unspecified atom stereocenters. The van der Waals surface area contributed by atoms with Crippen molar-refractivity contribution in [3.05, 3.63) is 200 Å². The van der Waals surface area contributed by atoms with Crippen molar-refractivity contribution in [2.45, 2.75) is 0 Å². The monoisotopic (exact) mass is 771 g/mol. The van der Waals surface area contributed by atoms with Gasteiger partial charge in [0.05, 0.1) is 11.0 Å². The summed E-state index contributed by atoms with van der Waals surface area (Å²) in [6, 6.07) is 69.5. The van der Waals surface area contributed by atoms with E-state index in [1.807, 2.05) is 60.7 Å². The van der Waals surface area contributed by atoms with Crippen LogP contribution in [0.4, 0.5) is 0 Å². The van der Waals surface area contributed by atoms with Crippen molar-refractivity contribution < 1.29 is 0 Å². The van der Waals surface area contributed by atoms with Crippen LogP contribution in [-0.2, 0) is 0 Å². The van der Waals surface area contributed by atoms with Crippen LogP contribution >= 0.6 is 11.3 Å². The van der Waals surface area contributed by atoms with E-state index in [1.54, 1.807) is 11.3 Å². The van der Waals surface area contributed by atoms with Gasteiger partial charge in [-0.1, -0.05) is 182 Å². The second-order valence-electron chi connectivity index (χ2n) is 14.5. The van der Waals surface area contributed by atoms with Crippen LogP contribution in [0.25, 0.3) is 110 Å². The molecule has 0 aliphatic heterocycles. The van der Waals surface area contributed by atoms with E-state index in [0.717, 1.165) is 71.3 Å². The largest absolute Gasteiger partial charge is 0.243 e. The number of benzene rings is 8. The third kappa shape index (κ3) is 6.61. The highest BCUT2D eigenvalue weighted by molar-refractivity contribution is 7.26. The molecule has 0 radical (unpaired) electrons. The molecule has 0 fully saturated rings. The van der Waals surface area contributed by atoms with Gasteiger partial charge in [-0.25, -0.2) is 24.9 Å². The highest BCUT2D eigenvalue weighted by atomic mass is 32.1. The van der Waals surface area contributed by atoms with Gasteiger partial charge < -0.3 is 0 Å². The Balaban J connectivity index is 0.882. The zero-order valence-corrected chi connectivity index (χ0v) is 32.5. The molecule has 8 aromatic carbocycles. The van der Waals surface area contributed by atoms with Gasteiger partial charge in [-0.3, -0.25) is 0 Å². The van der Waals surface area contributed by atoms with Crippen molar-refractivity contribution in [2.24, 2.45) is 0 Å². The molecule has 11 aromatic rings. The van der Waals surface area contributed by atoms with E-state index in [1.165, 1.54) is 21.4 Å². The van der Waals surface area contributed by atoms with E-state index in [4.69, 9.17) is 24.9 Å². The summed E-state index contributed by atoms with van der Waals surface area (Å²) in [6.07, 6.45) is 0. The molecular formula is C53H33N5S. The summed E-state index contributed by atoms with van der Waals surface area (Å²) < 4.78 is 1.21. The number of para-hydroxylation sites is 2. The summed E-state index contributed by atoms with van der Waals surface area (Å²) in [5, 5.41) is 1.14. The highest BCUT2D eigenvalue weighted by Crippen LogP contribution is 2.40. The standard InChI is InChI=1S/C53H33N5S/c1-3-11-34(12-4-1)35-27-31-41(32-28-35)51-56-50(40-13-5-2-6-14-40)57-52(58-51)43-16-9-15-42(33-43)38-23-21-36(22-24-38)37-25-29-39(30-26-37)44-17-10-18-45-48-53(59-49(44)45)55-47-20-8-7-19-46(47)54-48/h1-33H. The molecule has 0 saturated heterocycles. The van der Waals surface area contributed by atoms with Gasteiger partial charge in [0, 0.05) is 26.8 Å². The van der Waals surface area contributed by atoms with Crippen molar-refractivity contribution in [1.29, 1.82) is 0 Å². The Morgan fingerprint density at radius 3 is 1.34 bits per heavy atom. The van der Waals surface area contributed by atoms with Gasteiger partial charge in [0.15, 0.2) is 17.5 Å². The first-order valence-corrected chi connectivity index (χ1v) is 20.4. The number of fused-ring (bicyclic) bond motifs is 4. The predicted molar refractivity (Wildman–Crippen MR) is 244 cm³/mol. The van der Waals surface area contributed by atoms with Crippen LogP contribution in [0.5, 0.6) is 0 Å². The second-order valence-corrected chi connectivity index (χ2v) is 15.5. The molecule has 0 bridgehead atoms. The number of nitrogens with zero attached hydrogens (tertiary/aromatic N) is 5. The normalized spacial score (nSPS) is 11.4. The number of hydrogen-bond donors (Lipinski definition) is 0. The Morgan fingerprint density at radius 2 is 0.712 bits per heavy atom. The van der Waals surface area contributed by atoms with Crippen LogP contribution in [-0.4, -0.2) is 24.9 Å². The lowest BCUT2D eigenvalue weighted by atomic mass is 9.97. The molecular weight excluding hydrogens is 739 g/mol. The van der Waals surface area contributed by atoms with Gasteiger partial charge in [-0.2, -0.15) is 0 Å². The van der Waals surface area contributed by atoms with E-state index >= 15 is 0 Å². The summed E-state index contributed by atoms with van der Waals surface area (Å²) in [5.74, 6) is 1.91. The van der Waals surface area contributed by atoms with E-state index in [9.17, 15) is 0 Å². The lowest BCUT2D eigenvalue weighted by Crippen LogP contribution is -2.00. The van der Waals surface area contributed by atoms with Crippen molar-refractivity contribution >= 4 is 42.8 Å². The summed E-state index contributed by atoms with van der Waals surface area (Å²) in [7, 11) is 0. The van der Waals surface area contributed by atoms with Crippen LogP contribution in [0.15, 0.2) is 200 Å². The highest BCUT2D eigenvalue weighted by Gasteiger charge is 2.16. The molecule has 3 heterocycles. The molecule has 0 aliphatic rings. The average Bonchev–Trinajstić information content (AvgIpc) is 3.69. The number of hydrogen-bond acceptors (Lipinski definition) is 6. The fourth-order valence-electron chi connectivity index (χ4n) is 7.72. The number of rotatable bonds is 7. The van der Waals surface area contributed by atoms with E-state index in [-0.39, 0.29) is 0 Å². The number of aromatic nitrogens is 5. The Kier molecular flexibility index (Phi) is 8.60. The third-order valence-electron chi connectivity index (χ3n) is 10.8. The minimum absolute atomic E-state index is 0.631. The van der Waals surface area contributed by atoms with E-state index in [2.05, 4.69) is 140 Å². The minimum Gasteiger partial charge on any atom is -0.243 e. The smallest absolute Gasteiger partial charge is 0.164 e. The molecule has 3 aromatic heterocycles. The molecule has 59 heavy (non-hydrogen) atoms. The molecule has 276 valence electrons. The van der Waals surface area contributed by atoms with Gasteiger partial charge in [0.2, 0.25) is 0 Å². The van der Waals surface area contributed by atoms with Crippen molar-refractivity contribution in [2.75, 3.05) is 0 Å². The molecule has 5 nitrogen and oxygen atoms in total. The first-order chi connectivity index (χ1) is 29.2. The topological polar surface area (TPSA) is 64.5 Å². The van der Waals surface area contributed by atoms with E-state index < -0.39 is 0 Å². The molecule has 0 amide bonds. The first-order valence-electron chi connectivity index (χ1n) is 19.6. The average molecular weight is 772 g/mol. The summed E-state index contributed by atoms with van der Waals surface area (Å²) in [5.41, 5.74) is 14.8. The van der Waals surface area contributed by atoms with Crippen LogP contribution in [0, 0.1) is 0 Å². The van der Waals surface area contributed by atoms with Crippen LogP contribution < -0.4 is 0 Å². The first kappa shape index (κ1) is 34.6. The van der Waals surface area contributed by atoms with Gasteiger partial charge in [0.1, 0.15) is 10.3 Å². The SMILES string of the molecule is c1ccc(-c2ccc(-c3nc(-c4ccccc4)nc(-c4cccc(-c5ccc(-c6ccc(-c7cccc8c7sc7nc9ccccc9nc78)cc6)cc5)c4)n3)cc2)cc1. The minimum atomic E-state index is 0.631. The van der Waals surface area contributed by atoms with Gasteiger partial charge >= 0.3 is 0 Å². The zero-order valence-electron chi connectivity index (χ0n) is 31.7. The molecule has 0 atom stereocenters. The van der Waals surface area contributed by atoms with Crippen molar-refractivity contribution in [1.82, 2.24) is 24.9 Å². The second kappa shape index (κ2) is 14.7. The molecule has 6 heteroatoms. The molecule has 0 aliphatic carbocycles. The summed E-state index contributed by atoms with van der Waals surface area (Å²) in [6.45, 7) is 0. The lowest BCUT2D eigenvalue weighted by molar-refractivity contribution is 1.07. The van der Waals surface area contributed by atoms with E-state index in [0.29, 0.717) is 17.5 Å². The quantitative estimate of drug-likeness (QED) is 0.161. The molecule has 0 saturated carbocycles. The maximum absolute atomic E-state index is 5.03. The van der Waals surface area contributed by atoms with Gasteiger partial charge in [-0.05, 0) is 62.7 Å². The Labute approximate surface area is 345 Å². The van der Waals surface area contributed by atoms with Crippen LogP contribution in [0.3, 0.4) is 0 Å². The summed E-state index contributed by atoms with van der Waals surface area (Å²) in [4.78, 5) is 25.9. The fraction of sp³-hybridized carbons (Fsp3) is 0. The third-order valence-corrected chi connectivity index (χ3v) is 11.9. The number of thiophene rings is 1. The van der Waals surface area contributed by atoms with Crippen molar-refractivity contribution in [3.63, 3.8) is 0 Å². The fourth-order valence-corrected chi connectivity index (χ4v) is 8.88. The van der Waals surface area contributed by atoms with Gasteiger partial charge in [-0.15, -0.1) is 11.3 Å². The summed E-state index contributed by atoms with van der Waals surface area (Å²) >= 11 is 1.71.